The van der Waals surface area contributed by atoms with E-state index in [-0.39, 0.29) is 24.0 Å². The number of carbonyl (C=O) groups excluding carboxylic acids is 1. The van der Waals surface area contributed by atoms with Crippen LogP contribution in [0.15, 0.2) is 10.8 Å². The van der Waals surface area contributed by atoms with Crippen LogP contribution in [0.25, 0.3) is 0 Å². The zero-order valence-electron chi connectivity index (χ0n) is 12.9. The summed E-state index contributed by atoms with van der Waals surface area (Å²) >= 11 is 0. The lowest BCUT2D eigenvalue weighted by atomic mass is 9.80. The second kappa shape index (κ2) is 5.69. The minimum atomic E-state index is -0.252. The monoisotopic (exact) mass is 304 g/mol. The van der Waals surface area contributed by atoms with Crippen LogP contribution in [0, 0.1) is 5.92 Å². The highest BCUT2D eigenvalue weighted by Crippen LogP contribution is 2.42. The number of carbonyl (C=O) groups is 1. The van der Waals surface area contributed by atoms with Crippen molar-refractivity contribution in [2.24, 2.45) is 5.92 Å². The molecule has 0 radical (unpaired) electrons. The summed E-state index contributed by atoms with van der Waals surface area (Å²) in [7, 11) is 0. The molecular weight excluding hydrogens is 280 g/mol. The highest BCUT2D eigenvalue weighted by atomic mass is 16.5. The Kier molecular flexibility index (Phi) is 3.68. The lowest BCUT2D eigenvalue weighted by Crippen LogP contribution is -2.45. The third-order valence-electron chi connectivity index (χ3n) is 5.63. The molecule has 4 rings (SSSR count). The molecule has 1 amide bonds. The van der Waals surface area contributed by atoms with Crippen molar-refractivity contribution in [3.8, 4) is 0 Å². The van der Waals surface area contributed by atoms with Gasteiger partial charge in [0.25, 0.3) is 5.91 Å². The maximum Gasteiger partial charge on any atom is 0.259 e. The predicted octanol–water partition coefficient (Wildman–Crippen LogP) is 2.71. The van der Waals surface area contributed by atoms with Gasteiger partial charge in [0.05, 0.1) is 11.8 Å². The first-order chi connectivity index (χ1) is 10.8. The average Bonchev–Trinajstić information content (AvgIpc) is 3.07. The van der Waals surface area contributed by atoms with Crippen LogP contribution in [-0.2, 0) is 0 Å². The summed E-state index contributed by atoms with van der Waals surface area (Å²) in [6.45, 7) is 0.794. The first-order valence-electron chi connectivity index (χ1n) is 8.69. The van der Waals surface area contributed by atoms with Gasteiger partial charge < -0.3 is 14.5 Å². The topological polar surface area (TPSA) is 66.6 Å². The molecule has 1 aromatic rings. The van der Waals surface area contributed by atoms with Gasteiger partial charge in [-0.2, -0.15) is 0 Å². The minimum absolute atomic E-state index is 0.0587. The van der Waals surface area contributed by atoms with Crippen LogP contribution in [0.2, 0.25) is 0 Å². The fraction of sp³-hybridized carbons (Fsp3) is 0.765. The molecule has 2 heterocycles. The molecule has 0 bridgehead atoms. The van der Waals surface area contributed by atoms with E-state index in [1.165, 1.54) is 12.7 Å². The van der Waals surface area contributed by atoms with Crippen LogP contribution in [0.5, 0.6) is 0 Å². The van der Waals surface area contributed by atoms with E-state index >= 15 is 0 Å². The molecule has 1 aromatic heterocycles. The van der Waals surface area contributed by atoms with Crippen LogP contribution in [0.3, 0.4) is 0 Å². The highest BCUT2D eigenvalue weighted by Gasteiger charge is 2.41. The van der Waals surface area contributed by atoms with Crippen molar-refractivity contribution in [3.05, 3.63) is 17.5 Å². The molecule has 1 aliphatic heterocycles. The molecule has 1 saturated heterocycles. The molecule has 120 valence electrons. The van der Waals surface area contributed by atoms with Crippen molar-refractivity contribution in [1.82, 2.24) is 10.1 Å². The molecule has 5 nitrogen and oxygen atoms in total. The summed E-state index contributed by atoms with van der Waals surface area (Å²) in [5, 5.41) is 14.4. The molecule has 2 saturated carbocycles. The minimum Gasteiger partial charge on any atom is -0.393 e. The van der Waals surface area contributed by atoms with E-state index in [1.54, 1.807) is 0 Å². The fourth-order valence-corrected chi connectivity index (χ4v) is 4.29. The quantitative estimate of drug-likeness (QED) is 0.932. The molecule has 2 aliphatic carbocycles. The zero-order valence-corrected chi connectivity index (χ0v) is 12.9. The molecular formula is C17H24N2O3. The lowest BCUT2D eigenvalue weighted by molar-refractivity contribution is 0.0211. The first kappa shape index (κ1) is 14.2. The molecule has 0 unspecified atom stereocenters. The number of hydrogen-bond donors (Lipinski definition) is 1. The Balaban J connectivity index is 1.55. The Bertz CT molecular complexity index is 552. The molecule has 5 heteroatoms. The number of amides is 1. The van der Waals surface area contributed by atoms with E-state index in [2.05, 4.69) is 5.16 Å². The third kappa shape index (κ3) is 2.45. The van der Waals surface area contributed by atoms with E-state index in [0.717, 1.165) is 57.2 Å². The Morgan fingerprint density at radius 1 is 1.18 bits per heavy atom. The van der Waals surface area contributed by atoms with E-state index in [1.807, 2.05) is 4.90 Å². The summed E-state index contributed by atoms with van der Waals surface area (Å²) in [4.78, 5) is 14.9. The van der Waals surface area contributed by atoms with Crippen molar-refractivity contribution >= 4 is 5.91 Å². The van der Waals surface area contributed by atoms with E-state index in [9.17, 15) is 9.90 Å². The smallest absolute Gasteiger partial charge is 0.259 e. The van der Waals surface area contributed by atoms with Crippen molar-refractivity contribution in [1.29, 1.82) is 0 Å². The number of hydrogen-bond acceptors (Lipinski definition) is 4. The Morgan fingerprint density at radius 3 is 2.77 bits per heavy atom. The highest BCUT2D eigenvalue weighted by molar-refractivity contribution is 5.95. The van der Waals surface area contributed by atoms with Crippen LogP contribution in [-0.4, -0.2) is 39.8 Å². The van der Waals surface area contributed by atoms with Gasteiger partial charge in [0.15, 0.2) is 0 Å². The Morgan fingerprint density at radius 2 is 2.00 bits per heavy atom. The van der Waals surface area contributed by atoms with Gasteiger partial charge in [-0.3, -0.25) is 4.79 Å². The van der Waals surface area contributed by atoms with Crippen molar-refractivity contribution in [3.63, 3.8) is 0 Å². The molecule has 22 heavy (non-hydrogen) atoms. The van der Waals surface area contributed by atoms with Crippen LogP contribution in [0.1, 0.15) is 73.3 Å². The van der Waals surface area contributed by atoms with E-state index in [0.29, 0.717) is 11.5 Å². The number of nitrogens with zero attached hydrogens (tertiary/aromatic N) is 2. The molecule has 0 spiro atoms. The Hall–Kier alpha value is -1.36. The zero-order chi connectivity index (χ0) is 15.1. The average molecular weight is 304 g/mol. The van der Waals surface area contributed by atoms with E-state index < -0.39 is 0 Å². The number of aliphatic hydroxyl groups excluding tert-OH is 1. The maximum atomic E-state index is 13.0. The molecule has 3 aliphatic rings. The van der Waals surface area contributed by atoms with Gasteiger partial charge in [0, 0.05) is 24.4 Å². The SMILES string of the molecule is O=C(c1conc1C1CC1)N1CCC[C@@H]1[C@H]1CCCC[C@H]1O. The first-order valence-corrected chi connectivity index (χ1v) is 8.69. The van der Waals surface area contributed by atoms with Gasteiger partial charge in [-0.1, -0.05) is 18.0 Å². The molecule has 1 N–H and O–H groups in total. The lowest BCUT2D eigenvalue weighted by Gasteiger charge is -2.37. The van der Waals surface area contributed by atoms with Gasteiger partial charge in [0.2, 0.25) is 0 Å². The van der Waals surface area contributed by atoms with Crippen LogP contribution < -0.4 is 0 Å². The summed E-state index contributed by atoms with van der Waals surface area (Å²) in [6, 6.07) is 0.185. The van der Waals surface area contributed by atoms with Crippen molar-refractivity contribution in [2.45, 2.75) is 69.4 Å². The number of likely N-dealkylation sites (tertiary alicyclic amines) is 1. The second-order valence-electron chi connectivity index (χ2n) is 7.11. The predicted molar refractivity (Wildman–Crippen MR) is 80.5 cm³/mol. The Labute approximate surface area is 130 Å². The maximum absolute atomic E-state index is 13.0. The fourth-order valence-electron chi connectivity index (χ4n) is 4.29. The second-order valence-corrected chi connectivity index (χ2v) is 7.11. The van der Waals surface area contributed by atoms with Gasteiger partial charge in [-0.25, -0.2) is 0 Å². The standard InChI is InChI=1S/C17H24N2O3/c20-15-6-2-1-4-12(15)14-5-3-9-19(14)17(21)13-10-22-18-16(13)11-7-8-11/h10-12,14-15,20H,1-9H2/t12-,14-,15-/m1/s1. The van der Waals surface area contributed by atoms with Crippen molar-refractivity contribution in [2.75, 3.05) is 6.54 Å². The molecule has 0 aromatic carbocycles. The van der Waals surface area contributed by atoms with Gasteiger partial charge in [-0.05, 0) is 38.5 Å². The van der Waals surface area contributed by atoms with Gasteiger partial charge in [0.1, 0.15) is 11.8 Å². The summed E-state index contributed by atoms with van der Waals surface area (Å²) < 4.78 is 5.08. The van der Waals surface area contributed by atoms with Crippen molar-refractivity contribution < 1.29 is 14.4 Å². The summed E-state index contributed by atoms with van der Waals surface area (Å²) in [5.41, 5.74) is 1.50. The summed E-state index contributed by atoms with van der Waals surface area (Å²) in [6.07, 6.45) is 9.71. The molecule has 3 fully saturated rings. The van der Waals surface area contributed by atoms with Gasteiger partial charge >= 0.3 is 0 Å². The van der Waals surface area contributed by atoms with Crippen LogP contribution in [0.4, 0.5) is 0 Å². The third-order valence-corrected chi connectivity index (χ3v) is 5.63. The number of rotatable bonds is 3. The van der Waals surface area contributed by atoms with Crippen LogP contribution >= 0.6 is 0 Å². The number of aliphatic hydroxyl groups is 1. The molecule has 3 atom stereocenters. The number of aromatic nitrogens is 1. The van der Waals surface area contributed by atoms with E-state index in [4.69, 9.17) is 4.52 Å². The summed E-state index contributed by atoms with van der Waals surface area (Å²) in [5.74, 6) is 0.715. The normalized spacial score (nSPS) is 32.4. The largest absolute Gasteiger partial charge is 0.393 e. The van der Waals surface area contributed by atoms with Gasteiger partial charge in [-0.15, -0.1) is 0 Å².